The first-order valence-electron chi connectivity index (χ1n) is 14.6. The van der Waals surface area contributed by atoms with Crippen molar-refractivity contribution in [2.45, 2.75) is 50.2 Å². The molecule has 0 spiro atoms. The van der Waals surface area contributed by atoms with Crippen LogP contribution in [0.4, 0.5) is 0 Å². The van der Waals surface area contributed by atoms with Crippen molar-refractivity contribution in [1.82, 2.24) is 15.1 Å². The third-order valence-corrected chi connectivity index (χ3v) is 8.35. The number of hydrogen-bond donors (Lipinski definition) is 2. The summed E-state index contributed by atoms with van der Waals surface area (Å²) in [7, 11) is 0. The van der Waals surface area contributed by atoms with Gasteiger partial charge in [-0.3, -0.25) is 14.5 Å². The summed E-state index contributed by atoms with van der Waals surface area (Å²) in [4.78, 5) is 31.7. The Hall–Kier alpha value is -3.72. The van der Waals surface area contributed by atoms with E-state index >= 15 is 0 Å². The van der Waals surface area contributed by atoms with Crippen molar-refractivity contribution >= 4 is 11.8 Å². The Bertz CT molecular complexity index is 1350. The number of nitrogens with zero attached hydrogens (tertiary/aromatic N) is 2. The van der Waals surface area contributed by atoms with E-state index in [4.69, 9.17) is 9.47 Å². The Kier molecular flexibility index (Phi) is 8.32. The summed E-state index contributed by atoms with van der Waals surface area (Å²) >= 11 is 0. The summed E-state index contributed by atoms with van der Waals surface area (Å²) in [5.74, 6) is 0.0498. The van der Waals surface area contributed by atoms with Crippen molar-refractivity contribution < 1.29 is 24.2 Å². The topological polar surface area (TPSA) is 91.3 Å². The van der Waals surface area contributed by atoms with Crippen LogP contribution in [0.1, 0.15) is 35.2 Å². The van der Waals surface area contributed by atoms with Gasteiger partial charge < -0.3 is 24.8 Å². The van der Waals surface area contributed by atoms with Gasteiger partial charge in [-0.05, 0) is 41.7 Å². The van der Waals surface area contributed by atoms with Gasteiger partial charge >= 0.3 is 0 Å². The van der Waals surface area contributed by atoms with E-state index in [1.807, 2.05) is 66.7 Å². The van der Waals surface area contributed by atoms with Crippen LogP contribution < -0.4 is 10.1 Å². The van der Waals surface area contributed by atoms with Gasteiger partial charge in [-0.2, -0.15) is 0 Å². The Labute approximate surface area is 240 Å². The highest BCUT2D eigenvalue weighted by atomic mass is 16.5. The van der Waals surface area contributed by atoms with Gasteiger partial charge in [0.15, 0.2) is 0 Å². The maximum atomic E-state index is 14.1. The molecular weight excluding hydrogens is 518 g/mol. The molecule has 2 amide bonds. The summed E-state index contributed by atoms with van der Waals surface area (Å²) in [6.45, 7) is 2.74. The highest BCUT2D eigenvalue weighted by Crippen LogP contribution is 2.31. The van der Waals surface area contributed by atoms with Gasteiger partial charge in [-0.15, -0.1) is 0 Å². The lowest BCUT2D eigenvalue weighted by molar-refractivity contribution is -0.135. The van der Waals surface area contributed by atoms with E-state index in [1.165, 1.54) is 0 Å². The summed E-state index contributed by atoms with van der Waals surface area (Å²) in [5.41, 5.74) is 3.60. The molecule has 41 heavy (non-hydrogen) atoms. The fraction of sp³-hybridized carbons (Fsp3) is 0.394. The number of carbonyl (C=O) groups is 2. The lowest BCUT2D eigenvalue weighted by Gasteiger charge is -2.41. The van der Waals surface area contributed by atoms with Crippen molar-refractivity contribution in [2.75, 3.05) is 32.8 Å². The minimum absolute atomic E-state index is 0.0905. The van der Waals surface area contributed by atoms with E-state index in [0.29, 0.717) is 56.9 Å². The quantitative estimate of drug-likeness (QED) is 0.514. The molecule has 4 atom stereocenters. The number of aliphatic hydroxyl groups excluding tert-OH is 1. The van der Waals surface area contributed by atoms with Crippen LogP contribution in [0, 0.1) is 0 Å². The van der Waals surface area contributed by atoms with E-state index in [1.54, 1.807) is 4.90 Å². The van der Waals surface area contributed by atoms with Crippen molar-refractivity contribution in [3.63, 3.8) is 0 Å². The first-order chi connectivity index (χ1) is 20.0. The summed E-state index contributed by atoms with van der Waals surface area (Å²) in [6, 6.07) is 25.1. The molecule has 8 heteroatoms. The minimum atomic E-state index is -0.693. The number of amides is 2. The first kappa shape index (κ1) is 27.4. The normalized spacial score (nSPS) is 25.7. The smallest absolute Gasteiger partial charge is 0.258 e. The van der Waals surface area contributed by atoms with Crippen molar-refractivity contribution in [3.8, 4) is 16.9 Å². The maximum absolute atomic E-state index is 14.1. The standard InChI is InChI=1S/C33H37N3O5/c37-29-14-12-26-15-18-40-30-19-25(24-9-5-2-6-10-24)11-13-27(30)33(39)36-17-16-35(21-23-7-3-1-4-8-23)22-28(36)32(38)34-20-31(29)41-26/h1-11,13,19,26,28-29,31,37H,12,14-18,20-22H2,(H,34,38)/t26-,28-,29-,31+/m0/s1. The predicted octanol–water partition coefficient (Wildman–Crippen LogP) is 3.49. The average Bonchev–Trinajstić information content (AvgIpc) is 3.01. The summed E-state index contributed by atoms with van der Waals surface area (Å²) in [5, 5.41) is 13.6. The lowest BCUT2D eigenvalue weighted by atomic mass is 9.98. The molecule has 2 fully saturated rings. The molecule has 214 valence electrons. The van der Waals surface area contributed by atoms with Crippen LogP contribution in [0.15, 0.2) is 78.9 Å². The number of carbonyl (C=O) groups excluding carboxylic acids is 2. The number of aliphatic hydroxyl groups is 1. The van der Waals surface area contributed by atoms with Gasteiger partial charge in [-0.1, -0.05) is 66.7 Å². The van der Waals surface area contributed by atoms with Crippen molar-refractivity contribution in [3.05, 3.63) is 90.0 Å². The van der Waals surface area contributed by atoms with Crippen LogP contribution in [0.5, 0.6) is 5.75 Å². The molecule has 3 heterocycles. The summed E-state index contributed by atoms with van der Waals surface area (Å²) < 4.78 is 12.5. The number of nitrogens with one attached hydrogen (secondary N) is 1. The van der Waals surface area contributed by atoms with Crippen LogP contribution in [-0.2, 0) is 16.1 Å². The predicted molar refractivity (Wildman–Crippen MR) is 155 cm³/mol. The molecule has 3 aliphatic heterocycles. The van der Waals surface area contributed by atoms with Gasteiger partial charge in [0.25, 0.3) is 5.91 Å². The van der Waals surface area contributed by atoms with Crippen LogP contribution in [0.3, 0.4) is 0 Å². The zero-order chi connectivity index (χ0) is 28.2. The largest absolute Gasteiger partial charge is 0.493 e. The fourth-order valence-electron chi connectivity index (χ4n) is 6.04. The van der Waals surface area contributed by atoms with E-state index in [-0.39, 0.29) is 24.5 Å². The van der Waals surface area contributed by atoms with Crippen LogP contribution in [-0.4, -0.2) is 83.9 Å². The second kappa shape index (κ2) is 12.4. The fourth-order valence-corrected chi connectivity index (χ4v) is 6.04. The van der Waals surface area contributed by atoms with Gasteiger partial charge in [0.1, 0.15) is 17.9 Å². The third-order valence-electron chi connectivity index (χ3n) is 8.35. The van der Waals surface area contributed by atoms with E-state index in [9.17, 15) is 14.7 Å². The van der Waals surface area contributed by atoms with E-state index in [2.05, 4.69) is 22.3 Å². The molecule has 0 radical (unpaired) electrons. The Morgan fingerprint density at radius 3 is 2.46 bits per heavy atom. The molecule has 3 aliphatic rings. The molecule has 2 saturated heterocycles. The highest BCUT2D eigenvalue weighted by molar-refractivity contribution is 6.00. The number of ether oxygens (including phenoxy) is 2. The molecular formula is C33H37N3O5. The molecule has 0 saturated carbocycles. The van der Waals surface area contributed by atoms with Gasteiger partial charge in [0, 0.05) is 39.1 Å². The Balaban J connectivity index is 1.32. The van der Waals surface area contributed by atoms with Crippen molar-refractivity contribution in [1.29, 1.82) is 0 Å². The van der Waals surface area contributed by atoms with Crippen LogP contribution >= 0.6 is 0 Å². The second-order valence-electron chi connectivity index (χ2n) is 11.1. The molecule has 2 N–H and O–H groups in total. The Morgan fingerprint density at radius 2 is 1.66 bits per heavy atom. The second-order valence-corrected chi connectivity index (χ2v) is 11.1. The molecule has 8 nitrogen and oxygen atoms in total. The SMILES string of the molecule is O=C1NC[C@H]2O[C@H](CCOc3cc(-c4ccccc4)ccc3C(=O)N3CCN(Cc4ccccc4)C[C@@H]13)CC[C@@H]2O. The molecule has 2 bridgehead atoms. The van der Waals surface area contributed by atoms with Crippen LogP contribution in [0.2, 0.25) is 0 Å². The number of fused-ring (bicyclic) bond motifs is 4. The highest BCUT2D eigenvalue weighted by Gasteiger charge is 2.38. The number of piperazine rings is 1. The van der Waals surface area contributed by atoms with Crippen LogP contribution in [0.25, 0.3) is 11.1 Å². The molecule has 0 unspecified atom stereocenters. The van der Waals surface area contributed by atoms with Gasteiger partial charge in [0.2, 0.25) is 5.91 Å². The van der Waals surface area contributed by atoms with Crippen molar-refractivity contribution in [2.24, 2.45) is 0 Å². The molecule has 0 aliphatic carbocycles. The minimum Gasteiger partial charge on any atom is -0.493 e. The maximum Gasteiger partial charge on any atom is 0.258 e. The van der Waals surface area contributed by atoms with Gasteiger partial charge in [0.05, 0.1) is 24.4 Å². The first-order valence-corrected chi connectivity index (χ1v) is 14.6. The molecule has 3 aromatic rings. The molecule has 3 aromatic carbocycles. The van der Waals surface area contributed by atoms with Gasteiger partial charge in [-0.25, -0.2) is 0 Å². The lowest BCUT2D eigenvalue weighted by Crippen LogP contribution is -2.61. The van der Waals surface area contributed by atoms with E-state index < -0.39 is 18.2 Å². The Morgan fingerprint density at radius 1 is 0.878 bits per heavy atom. The molecule has 6 rings (SSSR count). The molecule has 0 aromatic heterocycles. The third kappa shape index (κ3) is 6.30. The summed E-state index contributed by atoms with van der Waals surface area (Å²) in [6.07, 6.45) is 0.724. The zero-order valence-corrected chi connectivity index (χ0v) is 23.2. The monoisotopic (exact) mass is 555 g/mol. The zero-order valence-electron chi connectivity index (χ0n) is 23.2. The number of hydrogen-bond acceptors (Lipinski definition) is 6. The average molecular weight is 556 g/mol. The van der Waals surface area contributed by atoms with E-state index in [0.717, 1.165) is 23.1 Å². The number of rotatable bonds is 3. The number of benzene rings is 3.